The van der Waals surface area contributed by atoms with Gasteiger partial charge in [-0.1, -0.05) is 0 Å². The summed E-state index contributed by atoms with van der Waals surface area (Å²) in [6, 6.07) is 2.68. The van der Waals surface area contributed by atoms with Gasteiger partial charge in [0.25, 0.3) is 0 Å². The lowest BCUT2D eigenvalue weighted by atomic mass is 10.1. The van der Waals surface area contributed by atoms with E-state index in [2.05, 4.69) is 11.2 Å². The van der Waals surface area contributed by atoms with Gasteiger partial charge in [-0.05, 0) is 31.7 Å². The number of aromatic nitrogens is 2. The number of hydrogen-bond acceptors (Lipinski definition) is 2. The minimum Gasteiger partial charge on any atom is -0.268 e. The van der Waals surface area contributed by atoms with Gasteiger partial charge in [-0.2, -0.15) is 10.4 Å². The van der Waals surface area contributed by atoms with Gasteiger partial charge in [0, 0.05) is 6.20 Å². The minimum atomic E-state index is 0.166. The van der Waals surface area contributed by atoms with Crippen LogP contribution in [0.5, 0.6) is 0 Å². The van der Waals surface area contributed by atoms with Gasteiger partial charge in [0.1, 0.15) is 0 Å². The topological polar surface area (TPSA) is 41.6 Å². The van der Waals surface area contributed by atoms with Crippen LogP contribution in [-0.4, -0.2) is 9.78 Å². The zero-order valence-electron chi connectivity index (χ0n) is 7.77. The van der Waals surface area contributed by atoms with Crippen LogP contribution in [-0.2, 0) is 0 Å². The lowest BCUT2D eigenvalue weighted by molar-refractivity contribution is 0.409. The average molecular weight is 175 g/mol. The van der Waals surface area contributed by atoms with Crippen molar-refractivity contribution in [2.75, 3.05) is 0 Å². The summed E-state index contributed by atoms with van der Waals surface area (Å²) in [5, 5.41) is 13.2. The molecule has 1 saturated carbocycles. The van der Waals surface area contributed by atoms with Gasteiger partial charge in [-0.25, -0.2) is 0 Å². The normalized spacial score (nSPS) is 27.4. The van der Waals surface area contributed by atoms with Crippen molar-refractivity contribution in [3.8, 4) is 6.07 Å². The number of rotatable bonds is 1. The maximum absolute atomic E-state index is 8.91. The van der Waals surface area contributed by atoms with E-state index >= 15 is 0 Å². The fourth-order valence-corrected chi connectivity index (χ4v) is 2.02. The van der Waals surface area contributed by atoms with E-state index in [9.17, 15) is 0 Å². The molecule has 0 N–H and O–H groups in total. The Balaban J connectivity index is 2.21. The third-order valence-electron chi connectivity index (χ3n) is 2.72. The van der Waals surface area contributed by atoms with Gasteiger partial charge < -0.3 is 0 Å². The van der Waals surface area contributed by atoms with Crippen molar-refractivity contribution >= 4 is 0 Å². The van der Waals surface area contributed by atoms with Crippen molar-refractivity contribution in [1.29, 1.82) is 5.26 Å². The molecule has 3 nitrogen and oxygen atoms in total. The number of nitriles is 1. The molecule has 2 atom stereocenters. The quantitative estimate of drug-likeness (QED) is 0.655. The highest BCUT2D eigenvalue weighted by molar-refractivity contribution is 5.03. The van der Waals surface area contributed by atoms with Gasteiger partial charge in [-0.15, -0.1) is 0 Å². The van der Waals surface area contributed by atoms with Crippen molar-refractivity contribution < 1.29 is 0 Å². The monoisotopic (exact) mass is 175 g/mol. The molecule has 68 valence electrons. The molecule has 0 aromatic carbocycles. The van der Waals surface area contributed by atoms with E-state index in [0.717, 1.165) is 19.3 Å². The molecular weight excluding hydrogens is 162 g/mol. The molecule has 1 aliphatic rings. The second-order valence-corrected chi connectivity index (χ2v) is 3.73. The SMILES string of the molecule is Cc1cnn(C2CCCC2C#N)c1. The summed E-state index contributed by atoms with van der Waals surface area (Å²) in [4.78, 5) is 0. The third-order valence-corrected chi connectivity index (χ3v) is 2.72. The standard InChI is InChI=1S/C10H13N3/c1-8-6-12-13(7-8)10-4-2-3-9(10)5-11/h6-7,9-10H,2-4H2,1H3. The van der Waals surface area contributed by atoms with Gasteiger partial charge >= 0.3 is 0 Å². The van der Waals surface area contributed by atoms with E-state index < -0.39 is 0 Å². The molecular formula is C10H13N3. The number of nitrogens with zero attached hydrogens (tertiary/aromatic N) is 3. The first-order valence-electron chi connectivity index (χ1n) is 4.71. The Hall–Kier alpha value is -1.30. The van der Waals surface area contributed by atoms with E-state index in [1.54, 1.807) is 0 Å². The summed E-state index contributed by atoms with van der Waals surface area (Å²) < 4.78 is 1.95. The second kappa shape index (κ2) is 3.21. The Bertz CT molecular complexity index is 334. The summed E-state index contributed by atoms with van der Waals surface area (Å²) in [5.74, 6) is 0.166. The van der Waals surface area contributed by atoms with Crippen LogP contribution >= 0.6 is 0 Å². The molecule has 2 rings (SSSR count). The summed E-state index contributed by atoms with van der Waals surface area (Å²) in [6.07, 6.45) is 7.16. The second-order valence-electron chi connectivity index (χ2n) is 3.73. The molecule has 3 heteroatoms. The highest BCUT2D eigenvalue weighted by atomic mass is 15.3. The molecule has 1 aromatic heterocycles. The Morgan fingerprint density at radius 1 is 1.62 bits per heavy atom. The molecule has 2 unspecified atom stereocenters. The molecule has 0 aliphatic heterocycles. The van der Waals surface area contributed by atoms with E-state index in [1.807, 2.05) is 24.0 Å². The van der Waals surface area contributed by atoms with Crippen LogP contribution in [0.15, 0.2) is 12.4 Å². The fourth-order valence-electron chi connectivity index (χ4n) is 2.02. The van der Waals surface area contributed by atoms with E-state index in [1.165, 1.54) is 5.56 Å². The molecule has 1 aliphatic carbocycles. The van der Waals surface area contributed by atoms with Crippen LogP contribution in [0.2, 0.25) is 0 Å². The van der Waals surface area contributed by atoms with Crippen LogP contribution in [0.1, 0.15) is 30.9 Å². The van der Waals surface area contributed by atoms with Gasteiger partial charge in [0.15, 0.2) is 0 Å². The van der Waals surface area contributed by atoms with Crippen molar-refractivity contribution in [3.05, 3.63) is 18.0 Å². The molecule has 0 spiro atoms. The van der Waals surface area contributed by atoms with Crippen molar-refractivity contribution in [1.82, 2.24) is 9.78 Å². The smallest absolute Gasteiger partial charge is 0.0687 e. The lowest BCUT2D eigenvalue weighted by Crippen LogP contribution is -2.12. The molecule has 0 bridgehead atoms. The Morgan fingerprint density at radius 3 is 3.08 bits per heavy atom. The van der Waals surface area contributed by atoms with Crippen molar-refractivity contribution in [2.24, 2.45) is 5.92 Å². The predicted molar refractivity (Wildman–Crippen MR) is 49.0 cm³/mol. The zero-order chi connectivity index (χ0) is 9.26. The number of aryl methyl sites for hydroxylation is 1. The van der Waals surface area contributed by atoms with Crippen LogP contribution in [0.25, 0.3) is 0 Å². The highest BCUT2D eigenvalue weighted by Gasteiger charge is 2.28. The number of hydrogen-bond donors (Lipinski definition) is 0. The highest BCUT2D eigenvalue weighted by Crippen LogP contribution is 2.34. The maximum Gasteiger partial charge on any atom is 0.0687 e. The largest absolute Gasteiger partial charge is 0.268 e. The summed E-state index contributed by atoms with van der Waals surface area (Å²) in [5.41, 5.74) is 1.17. The molecule has 1 fully saturated rings. The van der Waals surface area contributed by atoms with Crippen LogP contribution in [0, 0.1) is 24.2 Å². The molecule has 0 amide bonds. The summed E-state index contributed by atoms with van der Waals surface area (Å²) in [7, 11) is 0. The van der Waals surface area contributed by atoms with Crippen LogP contribution in [0.4, 0.5) is 0 Å². The van der Waals surface area contributed by atoms with E-state index in [-0.39, 0.29) is 5.92 Å². The Labute approximate surface area is 78.0 Å². The lowest BCUT2D eigenvalue weighted by Gasteiger charge is -2.13. The van der Waals surface area contributed by atoms with Crippen molar-refractivity contribution in [2.45, 2.75) is 32.2 Å². The van der Waals surface area contributed by atoms with Gasteiger partial charge in [0.05, 0.1) is 24.2 Å². The molecule has 13 heavy (non-hydrogen) atoms. The first-order valence-corrected chi connectivity index (χ1v) is 4.71. The average Bonchev–Trinajstić information content (AvgIpc) is 2.71. The molecule has 0 radical (unpaired) electrons. The van der Waals surface area contributed by atoms with Crippen LogP contribution in [0.3, 0.4) is 0 Å². The Morgan fingerprint density at radius 2 is 2.46 bits per heavy atom. The van der Waals surface area contributed by atoms with Crippen molar-refractivity contribution in [3.63, 3.8) is 0 Å². The maximum atomic E-state index is 8.91. The van der Waals surface area contributed by atoms with E-state index in [4.69, 9.17) is 5.26 Å². The van der Waals surface area contributed by atoms with Gasteiger partial charge in [0.2, 0.25) is 0 Å². The zero-order valence-corrected chi connectivity index (χ0v) is 7.77. The first-order chi connectivity index (χ1) is 6.31. The minimum absolute atomic E-state index is 0.166. The molecule has 0 saturated heterocycles. The first kappa shape index (κ1) is 8.31. The molecule has 1 heterocycles. The summed E-state index contributed by atoms with van der Waals surface area (Å²) in [6.45, 7) is 2.03. The van der Waals surface area contributed by atoms with Crippen LogP contribution < -0.4 is 0 Å². The summed E-state index contributed by atoms with van der Waals surface area (Å²) >= 11 is 0. The van der Waals surface area contributed by atoms with E-state index in [0.29, 0.717) is 6.04 Å². The fraction of sp³-hybridized carbons (Fsp3) is 0.600. The molecule has 1 aromatic rings. The predicted octanol–water partition coefficient (Wildman–Crippen LogP) is 2.06. The Kier molecular flexibility index (Phi) is 2.05. The van der Waals surface area contributed by atoms with Gasteiger partial charge in [-0.3, -0.25) is 4.68 Å². The third kappa shape index (κ3) is 1.44.